The standard InChI is InChI=1S/C16H24F3N5/c1-22-7-3-2-4-13(22)12-23-8-10-24(11-9-23)15-20-6-5-14(21-15)16(17,18)19/h5-6,13H,2-4,7-12H2,1H3/t13-/m0/s1. The molecule has 5 nitrogen and oxygen atoms in total. The number of piperidine rings is 1. The Kier molecular flexibility index (Phi) is 5.24. The second kappa shape index (κ2) is 7.23. The summed E-state index contributed by atoms with van der Waals surface area (Å²) in [5.41, 5.74) is -0.876. The highest BCUT2D eigenvalue weighted by Gasteiger charge is 2.33. The summed E-state index contributed by atoms with van der Waals surface area (Å²) in [7, 11) is 2.18. The number of halogens is 3. The molecule has 2 saturated heterocycles. The molecule has 1 aromatic rings. The Morgan fingerprint density at radius 1 is 1.12 bits per heavy atom. The summed E-state index contributed by atoms with van der Waals surface area (Å²) < 4.78 is 38.3. The van der Waals surface area contributed by atoms with Crippen LogP contribution in [-0.2, 0) is 6.18 Å². The number of rotatable bonds is 3. The van der Waals surface area contributed by atoms with Crippen LogP contribution in [-0.4, -0.2) is 72.1 Å². The monoisotopic (exact) mass is 343 g/mol. The maximum absolute atomic E-state index is 12.8. The topological polar surface area (TPSA) is 35.5 Å². The van der Waals surface area contributed by atoms with Crippen LogP contribution in [0.5, 0.6) is 0 Å². The SMILES string of the molecule is CN1CCCC[C@H]1CN1CCN(c2nccc(C(F)(F)F)n2)CC1. The van der Waals surface area contributed by atoms with Gasteiger partial charge >= 0.3 is 6.18 Å². The third kappa shape index (κ3) is 4.16. The molecule has 0 N–H and O–H groups in total. The lowest BCUT2D eigenvalue weighted by atomic mass is 10.0. The molecule has 24 heavy (non-hydrogen) atoms. The Morgan fingerprint density at radius 2 is 1.88 bits per heavy atom. The van der Waals surface area contributed by atoms with Crippen molar-refractivity contribution < 1.29 is 13.2 Å². The highest BCUT2D eigenvalue weighted by Crippen LogP contribution is 2.28. The molecule has 0 aromatic carbocycles. The van der Waals surface area contributed by atoms with E-state index in [9.17, 15) is 13.2 Å². The lowest BCUT2D eigenvalue weighted by Gasteiger charge is -2.40. The van der Waals surface area contributed by atoms with Gasteiger partial charge in [-0.25, -0.2) is 9.97 Å². The lowest BCUT2D eigenvalue weighted by Crippen LogP contribution is -2.52. The molecule has 0 saturated carbocycles. The van der Waals surface area contributed by atoms with Gasteiger partial charge in [0.15, 0.2) is 0 Å². The number of aromatic nitrogens is 2. The van der Waals surface area contributed by atoms with Gasteiger partial charge in [-0.2, -0.15) is 13.2 Å². The summed E-state index contributed by atoms with van der Waals surface area (Å²) in [4.78, 5) is 14.4. The van der Waals surface area contributed by atoms with E-state index < -0.39 is 11.9 Å². The van der Waals surface area contributed by atoms with Gasteiger partial charge in [0.1, 0.15) is 5.69 Å². The second-order valence-corrected chi connectivity index (χ2v) is 6.66. The van der Waals surface area contributed by atoms with Crippen LogP contribution in [0.1, 0.15) is 25.0 Å². The van der Waals surface area contributed by atoms with Crippen molar-refractivity contribution in [3.63, 3.8) is 0 Å². The first kappa shape index (κ1) is 17.4. The lowest BCUT2D eigenvalue weighted by molar-refractivity contribution is -0.141. The molecule has 8 heteroatoms. The number of anilines is 1. The molecule has 0 spiro atoms. The molecule has 134 valence electrons. The quantitative estimate of drug-likeness (QED) is 0.840. The summed E-state index contributed by atoms with van der Waals surface area (Å²) in [6.07, 6.45) is 0.549. The first-order chi connectivity index (χ1) is 11.4. The molecular formula is C16H24F3N5. The number of piperazine rings is 1. The van der Waals surface area contributed by atoms with E-state index in [1.54, 1.807) is 0 Å². The Hall–Kier alpha value is -1.41. The number of alkyl halides is 3. The molecule has 0 unspecified atom stereocenters. The van der Waals surface area contributed by atoms with E-state index in [-0.39, 0.29) is 5.95 Å². The molecule has 1 atom stereocenters. The van der Waals surface area contributed by atoms with Crippen LogP contribution in [0.15, 0.2) is 12.3 Å². The highest BCUT2D eigenvalue weighted by molar-refractivity contribution is 5.31. The fourth-order valence-corrected chi connectivity index (χ4v) is 3.46. The highest BCUT2D eigenvalue weighted by atomic mass is 19.4. The van der Waals surface area contributed by atoms with Crippen molar-refractivity contribution in [2.45, 2.75) is 31.5 Å². The zero-order chi connectivity index (χ0) is 17.2. The zero-order valence-electron chi connectivity index (χ0n) is 14.0. The van der Waals surface area contributed by atoms with Crippen LogP contribution in [0.2, 0.25) is 0 Å². The fourth-order valence-electron chi connectivity index (χ4n) is 3.46. The fraction of sp³-hybridized carbons (Fsp3) is 0.750. The summed E-state index contributed by atoms with van der Waals surface area (Å²) >= 11 is 0. The maximum atomic E-state index is 12.8. The van der Waals surface area contributed by atoms with Crippen molar-refractivity contribution in [1.82, 2.24) is 19.8 Å². The average molecular weight is 343 g/mol. The third-order valence-electron chi connectivity index (χ3n) is 4.98. The molecule has 3 heterocycles. The van der Waals surface area contributed by atoms with Gasteiger partial charge < -0.3 is 9.80 Å². The van der Waals surface area contributed by atoms with Gasteiger partial charge in [-0.1, -0.05) is 6.42 Å². The van der Waals surface area contributed by atoms with Crippen molar-refractivity contribution in [3.8, 4) is 0 Å². The van der Waals surface area contributed by atoms with Gasteiger partial charge in [0.25, 0.3) is 0 Å². The van der Waals surface area contributed by atoms with Crippen molar-refractivity contribution in [3.05, 3.63) is 18.0 Å². The van der Waals surface area contributed by atoms with Crippen LogP contribution in [0.4, 0.5) is 19.1 Å². The van der Waals surface area contributed by atoms with Crippen LogP contribution in [0.25, 0.3) is 0 Å². The van der Waals surface area contributed by atoms with Crippen molar-refractivity contribution in [2.24, 2.45) is 0 Å². The third-order valence-corrected chi connectivity index (χ3v) is 4.98. The van der Waals surface area contributed by atoms with Crippen LogP contribution in [0, 0.1) is 0 Å². The predicted molar refractivity (Wildman–Crippen MR) is 86.0 cm³/mol. The van der Waals surface area contributed by atoms with Gasteiger partial charge in [-0.15, -0.1) is 0 Å². The minimum absolute atomic E-state index is 0.180. The van der Waals surface area contributed by atoms with E-state index in [1.165, 1.54) is 25.5 Å². The molecule has 3 rings (SSSR count). The first-order valence-electron chi connectivity index (χ1n) is 8.51. The van der Waals surface area contributed by atoms with E-state index in [1.807, 2.05) is 4.90 Å². The summed E-state index contributed by atoms with van der Waals surface area (Å²) in [6, 6.07) is 1.51. The molecular weight excluding hydrogens is 319 g/mol. The van der Waals surface area contributed by atoms with Gasteiger partial charge in [0, 0.05) is 45.0 Å². The smallest absolute Gasteiger partial charge is 0.338 e. The van der Waals surface area contributed by atoms with E-state index in [4.69, 9.17) is 0 Å². The largest absolute Gasteiger partial charge is 0.433 e. The molecule has 1 aromatic heterocycles. The van der Waals surface area contributed by atoms with Gasteiger partial charge in [-0.05, 0) is 32.5 Å². The van der Waals surface area contributed by atoms with Crippen molar-refractivity contribution in [1.29, 1.82) is 0 Å². The molecule has 0 amide bonds. The number of hydrogen-bond donors (Lipinski definition) is 0. The van der Waals surface area contributed by atoms with E-state index in [2.05, 4.69) is 26.8 Å². The number of likely N-dealkylation sites (tertiary alicyclic amines) is 1. The number of nitrogens with zero attached hydrogens (tertiary/aromatic N) is 5. The van der Waals surface area contributed by atoms with Gasteiger partial charge in [0.05, 0.1) is 0 Å². The number of likely N-dealkylation sites (N-methyl/N-ethyl adjacent to an activating group) is 1. The molecule has 0 radical (unpaired) electrons. The molecule has 2 aliphatic rings. The maximum Gasteiger partial charge on any atom is 0.433 e. The Bertz CT molecular complexity index is 543. The Balaban J connectivity index is 1.55. The van der Waals surface area contributed by atoms with Crippen LogP contribution in [0.3, 0.4) is 0 Å². The summed E-state index contributed by atoms with van der Waals surface area (Å²) in [5.74, 6) is 0.180. The zero-order valence-corrected chi connectivity index (χ0v) is 14.0. The normalized spacial score (nSPS) is 24.3. The molecule has 2 aliphatic heterocycles. The van der Waals surface area contributed by atoms with Crippen LogP contribution >= 0.6 is 0 Å². The molecule has 0 bridgehead atoms. The Labute approximate surface area is 140 Å². The van der Waals surface area contributed by atoms with Crippen LogP contribution < -0.4 is 4.90 Å². The Morgan fingerprint density at radius 3 is 2.54 bits per heavy atom. The predicted octanol–water partition coefficient (Wildman–Crippen LogP) is 2.10. The molecule has 2 fully saturated rings. The number of hydrogen-bond acceptors (Lipinski definition) is 5. The summed E-state index contributed by atoms with van der Waals surface area (Å²) in [5, 5.41) is 0. The van der Waals surface area contributed by atoms with Gasteiger partial charge in [-0.3, -0.25) is 4.90 Å². The van der Waals surface area contributed by atoms with Gasteiger partial charge in [0.2, 0.25) is 5.95 Å². The molecule has 0 aliphatic carbocycles. The van der Waals surface area contributed by atoms with E-state index >= 15 is 0 Å². The van der Waals surface area contributed by atoms with Crippen molar-refractivity contribution >= 4 is 5.95 Å². The first-order valence-corrected chi connectivity index (χ1v) is 8.51. The average Bonchev–Trinajstić information content (AvgIpc) is 2.57. The second-order valence-electron chi connectivity index (χ2n) is 6.66. The van der Waals surface area contributed by atoms with E-state index in [0.717, 1.165) is 32.2 Å². The van der Waals surface area contributed by atoms with Crippen molar-refractivity contribution in [2.75, 3.05) is 51.2 Å². The minimum Gasteiger partial charge on any atom is -0.338 e. The van der Waals surface area contributed by atoms with E-state index in [0.29, 0.717) is 19.1 Å². The minimum atomic E-state index is -4.43. The summed E-state index contributed by atoms with van der Waals surface area (Å²) in [6.45, 7) is 5.19.